The number of rotatable bonds is 1. The van der Waals surface area contributed by atoms with Crippen molar-refractivity contribution in [3.05, 3.63) is 99.7 Å². The molecule has 0 spiro atoms. The van der Waals surface area contributed by atoms with E-state index in [1.54, 1.807) is 0 Å². The Morgan fingerprint density at radius 1 is 1.00 bits per heavy atom. The van der Waals surface area contributed by atoms with Gasteiger partial charge in [-0.1, -0.05) is 48.0 Å². The molecule has 0 amide bonds. The molecular formula is C23H13ClI2O2. The maximum atomic E-state index is 13.7. The van der Waals surface area contributed by atoms with Gasteiger partial charge in [0.1, 0.15) is 11.3 Å². The Bertz CT molecular complexity index is 1290. The Hall–Kier alpha value is -1.38. The average Bonchev–Trinajstić information content (AvgIpc) is 2.67. The van der Waals surface area contributed by atoms with Gasteiger partial charge < -0.3 is 4.42 Å². The van der Waals surface area contributed by atoms with Gasteiger partial charge in [0.25, 0.3) is 0 Å². The largest absolute Gasteiger partial charge is 0.455 e. The Morgan fingerprint density at radius 3 is 2.54 bits per heavy atom. The first-order valence-corrected chi connectivity index (χ1v) is 11.4. The van der Waals surface area contributed by atoms with Gasteiger partial charge in [-0.3, -0.25) is 4.79 Å². The van der Waals surface area contributed by atoms with Gasteiger partial charge in [0.05, 0.1) is 10.9 Å². The molecule has 0 bridgehead atoms. The minimum Gasteiger partial charge on any atom is -0.455 e. The molecule has 1 aromatic heterocycles. The third-order valence-electron chi connectivity index (χ3n) is 5.25. The Balaban J connectivity index is 1.88. The fourth-order valence-electron chi connectivity index (χ4n) is 3.99. The summed E-state index contributed by atoms with van der Waals surface area (Å²) in [5.74, 6) is 0.634. The Morgan fingerprint density at radius 2 is 1.75 bits per heavy atom. The molecule has 1 aliphatic carbocycles. The highest BCUT2D eigenvalue weighted by atomic mass is 127. The molecule has 1 atom stereocenters. The van der Waals surface area contributed by atoms with E-state index in [0.29, 0.717) is 21.8 Å². The first-order chi connectivity index (χ1) is 13.5. The summed E-state index contributed by atoms with van der Waals surface area (Å²) >= 11 is 10.6. The number of hydrogen-bond donors (Lipinski definition) is 0. The fourth-order valence-corrected chi connectivity index (χ4v) is 6.15. The van der Waals surface area contributed by atoms with E-state index in [1.807, 2.05) is 54.6 Å². The lowest BCUT2D eigenvalue weighted by Gasteiger charge is -2.27. The van der Waals surface area contributed by atoms with Gasteiger partial charge in [0.2, 0.25) is 0 Å². The van der Waals surface area contributed by atoms with Crippen molar-refractivity contribution in [1.82, 2.24) is 0 Å². The highest BCUT2D eigenvalue weighted by Gasteiger charge is 2.31. The van der Waals surface area contributed by atoms with Gasteiger partial charge in [-0.25, -0.2) is 0 Å². The van der Waals surface area contributed by atoms with Gasteiger partial charge in [-0.05, 0) is 87.0 Å². The zero-order chi connectivity index (χ0) is 19.4. The van der Waals surface area contributed by atoms with Crippen LogP contribution < -0.4 is 5.43 Å². The highest BCUT2D eigenvalue weighted by molar-refractivity contribution is 14.1. The summed E-state index contributed by atoms with van der Waals surface area (Å²) in [6.07, 6.45) is 0.766. The molecule has 1 heterocycles. The monoisotopic (exact) mass is 610 g/mol. The van der Waals surface area contributed by atoms with Crippen LogP contribution >= 0.6 is 56.8 Å². The number of fused-ring (bicyclic) bond motifs is 4. The van der Waals surface area contributed by atoms with Crippen LogP contribution in [0.2, 0.25) is 5.02 Å². The van der Waals surface area contributed by atoms with Crippen LogP contribution in [-0.2, 0) is 6.42 Å². The SMILES string of the molecule is O=c1c2c(oc3cc(I)cc(I)c13)-c1ccccc1CC2c1ccc(Cl)cc1. The van der Waals surface area contributed by atoms with Crippen LogP contribution in [0.5, 0.6) is 0 Å². The summed E-state index contributed by atoms with van der Waals surface area (Å²) < 4.78 is 8.37. The second kappa shape index (κ2) is 7.15. The van der Waals surface area contributed by atoms with Gasteiger partial charge in [0.15, 0.2) is 5.43 Å². The third kappa shape index (κ3) is 3.00. The molecule has 28 heavy (non-hydrogen) atoms. The molecule has 0 saturated heterocycles. The molecule has 3 aromatic carbocycles. The van der Waals surface area contributed by atoms with E-state index in [0.717, 1.165) is 30.3 Å². The van der Waals surface area contributed by atoms with E-state index in [9.17, 15) is 4.79 Å². The molecule has 1 aliphatic rings. The van der Waals surface area contributed by atoms with Crippen molar-refractivity contribution in [2.45, 2.75) is 12.3 Å². The van der Waals surface area contributed by atoms with Crippen LogP contribution in [0, 0.1) is 7.14 Å². The maximum Gasteiger partial charge on any atom is 0.198 e. The predicted molar refractivity (Wildman–Crippen MR) is 130 cm³/mol. The molecule has 5 rings (SSSR count). The van der Waals surface area contributed by atoms with Crippen LogP contribution in [0.4, 0.5) is 0 Å². The lowest BCUT2D eigenvalue weighted by Crippen LogP contribution is -2.22. The second-order valence-corrected chi connectivity index (χ2v) is 9.74. The van der Waals surface area contributed by atoms with E-state index < -0.39 is 0 Å². The van der Waals surface area contributed by atoms with Crippen LogP contribution in [0.3, 0.4) is 0 Å². The van der Waals surface area contributed by atoms with Gasteiger partial charge in [-0.15, -0.1) is 0 Å². The summed E-state index contributed by atoms with van der Waals surface area (Å²) in [6.45, 7) is 0. The molecule has 0 radical (unpaired) electrons. The highest BCUT2D eigenvalue weighted by Crippen LogP contribution is 2.43. The smallest absolute Gasteiger partial charge is 0.198 e. The van der Waals surface area contributed by atoms with E-state index in [2.05, 4.69) is 51.2 Å². The van der Waals surface area contributed by atoms with Gasteiger partial charge in [-0.2, -0.15) is 0 Å². The zero-order valence-corrected chi connectivity index (χ0v) is 19.6. The Kier molecular flexibility index (Phi) is 4.76. The van der Waals surface area contributed by atoms with E-state index in [4.69, 9.17) is 16.0 Å². The third-order valence-corrected chi connectivity index (χ3v) is 6.98. The normalized spacial score (nSPS) is 15.3. The van der Waals surface area contributed by atoms with Crippen molar-refractivity contribution in [3.63, 3.8) is 0 Å². The standard InChI is InChI=1S/C23H13ClI2O2/c24-14-7-5-12(6-8-14)17-9-13-3-1-2-4-16(13)23-20(17)22(27)21-18(26)10-15(25)11-19(21)28-23/h1-8,10-11,17H,9H2. The number of hydrogen-bond acceptors (Lipinski definition) is 2. The van der Waals surface area contributed by atoms with Crippen molar-refractivity contribution in [1.29, 1.82) is 0 Å². The molecule has 4 aromatic rings. The van der Waals surface area contributed by atoms with E-state index >= 15 is 0 Å². The molecule has 0 fully saturated rings. The number of benzene rings is 3. The first-order valence-electron chi connectivity index (χ1n) is 8.82. The van der Waals surface area contributed by atoms with Crippen molar-refractivity contribution in [3.8, 4) is 11.3 Å². The summed E-state index contributed by atoms with van der Waals surface area (Å²) in [7, 11) is 0. The summed E-state index contributed by atoms with van der Waals surface area (Å²) in [5, 5.41) is 1.35. The number of halogens is 3. The van der Waals surface area contributed by atoms with Crippen molar-refractivity contribution in [2.24, 2.45) is 0 Å². The van der Waals surface area contributed by atoms with Crippen molar-refractivity contribution >= 4 is 67.8 Å². The minimum atomic E-state index is -0.0575. The fraction of sp³-hybridized carbons (Fsp3) is 0.0870. The minimum absolute atomic E-state index is 0.0575. The summed E-state index contributed by atoms with van der Waals surface area (Å²) in [4.78, 5) is 13.7. The van der Waals surface area contributed by atoms with Crippen LogP contribution in [0.1, 0.15) is 22.6 Å². The maximum absolute atomic E-state index is 13.7. The molecule has 0 aliphatic heterocycles. The lowest BCUT2D eigenvalue weighted by atomic mass is 9.78. The first kappa shape index (κ1) is 18.6. The molecular weight excluding hydrogens is 598 g/mol. The predicted octanol–water partition coefficient (Wildman–Crippen LogP) is 7.01. The van der Waals surface area contributed by atoms with Crippen molar-refractivity contribution < 1.29 is 4.42 Å². The van der Waals surface area contributed by atoms with E-state index in [-0.39, 0.29) is 11.3 Å². The summed E-state index contributed by atoms with van der Waals surface area (Å²) in [5.41, 5.74) is 4.73. The van der Waals surface area contributed by atoms with Crippen LogP contribution in [-0.4, -0.2) is 0 Å². The van der Waals surface area contributed by atoms with Gasteiger partial charge in [0, 0.05) is 23.6 Å². The molecule has 1 unspecified atom stereocenters. The van der Waals surface area contributed by atoms with Crippen LogP contribution in [0.25, 0.3) is 22.3 Å². The topological polar surface area (TPSA) is 30.2 Å². The molecule has 0 N–H and O–H groups in total. The quantitative estimate of drug-likeness (QED) is 0.217. The summed E-state index contributed by atoms with van der Waals surface area (Å²) in [6, 6.07) is 19.9. The second-order valence-electron chi connectivity index (χ2n) is 6.90. The molecule has 0 saturated carbocycles. The lowest BCUT2D eigenvalue weighted by molar-refractivity contribution is 0.591. The average molecular weight is 611 g/mol. The van der Waals surface area contributed by atoms with Crippen LogP contribution in [0.15, 0.2) is 69.9 Å². The Labute approximate surface area is 194 Å². The van der Waals surface area contributed by atoms with E-state index in [1.165, 1.54) is 5.56 Å². The molecule has 5 heteroatoms. The van der Waals surface area contributed by atoms with Gasteiger partial charge >= 0.3 is 0 Å². The molecule has 138 valence electrons. The van der Waals surface area contributed by atoms with Crippen molar-refractivity contribution in [2.75, 3.05) is 0 Å². The molecule has 2 nitrogen and oxygen atoms in total. The zero-order valence-electron chi connectivity index (χ0n) is 14.5.